The molecular weight excluding hydrogens is 322 g/mol. The van der Waals surface area contributed by atoms with E-state index in [0.717, 1.165) is 4.88 Å². The van der Waals surface area contributed by atoms with Crippen molar-refractivity contribution in [3.8, 4) is 0 Å². The molecule has 5 nitrogen and oxygen atoms in total. The predicted molar refractivity (Wildman–Crippen MR) is 88.6 cm³/mol. The predicted octanol–water partition coefficient (Wildman–Crippen LogP) is 1.98. The lowest BCUT2D eigenvalue weighted by molar-refractivity contribution is -0.137. The molecule has 1 aliphatic rings. The summed E-state index contributed by atoms with van der Waals surface area (Å²) < 4.78 is 5.43. The Kier molecular flexibility index (Phi) is 6.19. The van der Waals surface area contributed by atoms with Gasteiger partial charge in [0.2, 0.25) is 0 Å². The van der Waals surface area contributed by atoms with Crippen molar-refractivity contribution in [3.63, 3.8) is 0 Å². The van der Waals surface area contributed by atoms with Gasteiger partial charge in [0.25, 0.3) is 11.8 Å². The second kappa shape index (κ2) is 7.92. The van der Waals surface area contributed by atoms with E-state index in [1.165, 1.54) is 28.0 Å². The zero-order chi connectivity index (χ0) is 16.1. The highest BCUT2D eigenvalue weighted by Crippen LogP contribution is 2.37. The molecule has 0 fully saturated rings. The Morgan fingerprint density at radius 1 is 1.36 bits per heavy atom. The molecule has 1 aromatic heterocycles. The molecule has 1 aromatic rings. The van der Waals surface area contributed by atoms with Gasteiger partial charge >= 0.3 is 0 Å². The van der Waals surface area contributed by atoms with E-state index >= 15 is 0 Å². The fraction of sp³-hybridized carbons (Fsp3) is 0.467. The van der Waals surface area contributed by atoms with Crippen molar-refractivity contribution in [2.45, 2.75) is 20.0 Å². The maximum atomic E-state index is 12.6. The van der Waals surface area contributed by atoms with E-state index in [1.54, 1.807) is 0 Å². The maximum Gasteiger partial charge on any atom is 0.268 e. The van der Waals surface area contributed by atoms with Crippen LogP contribution < -0.4 is 0 Å². The van der Waals surface area contributed by atoms with Gasteiger partial charge in [-0.2, -0.15) is 0 Å². The van der Waals surface area contributed by atoms with E-state index in [4.69, 9.17) is 9.84 Å². The Bertz CT molecular complexity index is 566. The molecule has 0 unspecified atom stereocenters. The number of rotatable bonds is 8. The molecule has 7 heteroatoms. The minimum absolute atomic E-state index is 0.0379. The smallest absolute Gasteiger partial charge is 0.268 e. The first-order chi connectivity index (χ1) is 10.6. The van der Waals surface area contributed by atoms with Crippen LogP contribution in [0.3, 0.4) is 0 Å². The molecule has 0 saturated heterocycles. The molecule has 22 heavy (non-hydrogen) atoms. The zero-order valence-corrected chi connectivity index (χ0v) is 14.2. The number of imide groups is 1. The van der Waals surface area contributed by atoms with Crippen LogP contribution in [0.25, 0.3) is 5.57 Å². The third kappa shape index (κ3) is 3.78. The van der Waals surface area contributed by atoms with Gasteiger partial charge in [-0.1, -0.05) is 6.07 Å². The molecule has 0 aliphatic carbocycles. The lowest BCUT2D eigenvalue weighted by atomic mass is 10.2. The minimum atomic E-state index is -0.292. The summed E-state index contributed by atoms with van der Waals surface area (Å²) in [7, 11) is 0. The van der Waals surface area contributed by atoms with Crippen molar-refractivity contribution in [1.29, 1.82) is 0 Å². The molecule has 0 bridgehead atoms. The van der Waals surface area contributed by atoms with E-state index < -0.39 is 0 Å². The molecule has 120 valence electrons. The van der Waals surface area contributed by atoms with Crippen LogP contribution in [-0.2, 0) is 14.3 Å². The van der Waals surface area contributed by atoms with Crippen LogP contribution in [0.4, 0.5) is 0 Å². The number of carbonyl (C=O) groups is 2. The summed E-state index contributed by atoms with van der Waals surface area (Å²) in [6.45, 7) is 4.35. The lowest BCUT2D eigenvalue weighted by Crippen LogP contribution is -2.35. The molecule has 0 saturated carbocycles. The van der Waals surface area contributed by atoms with Crippen LogP contribution in [0.2, 0.25) is 0 Å². The summed E-state index contributed by atoms with van der Waals surface area (Å²) in [5.41, 5.74) is 0.447. The maximum absolute atomic E-state index is 12.6. The van der Waals surface area contributed by atoms with E-state index in [1.807, 2.05) is 31.4 Å². The zero-order valence-electron chi connectivity index (χ0n) is 12.6. The fourth-order valence-electron chi connectivity index (χ4n) is 2.06. The van der Waals surface area contributed by atoms with Crippen molar-refractivity contribution in [3.05, 3.63) is 27.3 Å². The van der Waals surface area contributed by atoms with Gasteiger partial charge in [0.1, 0.15) is 0 Å². The quantitative estimate of drug-likeness (QED) is 0.733. The number of amides is 2. The molecular formula is C15H19NO4S2. The molecule has 1 aliphatic heterocycles. The van der Waals surface area contributed by atoms with Crippen molar-refractivity contribution in [1.82, 2.24) is 4.90 Å². The van der Waals surface area contributed by atoms with Gasteiger partial charge in [0, 0.05) is 10.6 Å². The average Bonchev–Trinajstić information content (AvgIpc) is 3.06. The molecule has 0 radical (unpaired) electrons. The summed E-state index contributed by atoms with van der Waals surface area (Å²) in [4.78, 5) is 27.5. The van der Waals surface area contributed by atoms with Crippen molar-refractivity contribution >= 4 is 40.5 Å². The van der Waals surface area contributed by atoms with Crippen molar-refractivity contribution in [2.75, 3.05) is 25.5 Å². The number of ether oxygens (including phenoxy) is 1. The molecule has 2 amide bonds. The van der Waals surface area contributed by atoms with Gasteiger partial charge in [0.15, 0.2) is 0 Å². The van der Waals surface area contributed by atoms with Gasteiger partial charge in [-0.25, -0.2) is 0 Å². The number of hydrogen-bond donors (Lipinski definition) is 1. The Morgan fingerprint density at radius 3 is 2.73 bits per heavy atom. The van der Waals surface area contributed by atoms with E-state index in [-0.39, 0.29) is 31.1 Å². The summed E-state index contributed by atoms with van der Waals surface area (Å²) in [5, 5.41) is 10.9. The van der Waals surface area contributed by atoms with Gasteiger partial charge in [-0.05, 0) is 25.3 Å². The first-order valence-corrected chi connectivity index (χ1v) is 8.92. The number of thioether (sulfide) groups is 1. The Morgan fingerprint density at radius 2 is 2.14 bits per heavy atom. The lowest BCUT2D eigenvalue weighted by Gasteiger charge is -2.16. The summed E-state index contributed by atoms with van der Waals surface area (Å²) in [5.74, 6) is -0.181. The highest BCUT2D eigenvalue weighted by Gasteiger charge is 2.39. The number of hydrogen-bond acceptors (Lipinski definition) is 6. The summed E-state index contributed by atoms with van der Waals surface area (Å²) in [6.07, 6.45) is 0.0563. The first-order valence-electron chi connectivity index (χ1n) is 7.05. The first kappa shape index (κ1) is 17.2. The van der Waals surface area contributed by atoms with Gasteiger partial charge in [-0.15, -0.1) is 23.1 Å². The molecule has 1 N–H and O–H groups in total. The second-order valence-electron chi connectivity index (χ2n) is 4.93. The Balaban J connectivity index is 2.20. The Hall–Kier alpha value is -1.15. The van der Waals surface area contributed by atoms with Crippen LogP contribution in [0, 0.1) is 0 Å². The highest BCUT2D eigenvalue weighted by molar-refractivity contribution is 8.04. The van der Waals surface area contributed by atoms with Crippen molar-refractivity contribution < 1.29 is 19.4 Å². The highest BCUT2D eigenvalue weighted by atomic mass is 32.2. The number of aliphatic hydroxyl groups is 1. The average molecular weight is 341 g/mol. The normalized spacial score (nSPS) is 15.5. The van der Waals surface area contributed by atoms with Gasteiger partial charge < -0.3 is 9.84 Å². The third-order valence-electron chi connectivity index (χ3n) is 3.00. The van der Waals surface area contributed by atoms with Crippen LogP contribution in [0.5, 0.6) is 0 Å². The SMILES string of the molecule is CC(C)OCCN1C(=O)C(SCCO)=C(c2cccs2)C1=O. The monoisotopic (exact) mass is 341 g/mol. The van der Waals surface area contributed by atoms with E-state index in [9.17, 15) is 9.59 Å². The van der Waals surface area contributed by atoms with Crippen LogP contribution in [0.15, 0.2) is 22.4 Å². The van der Waals surface area contributed by atoms with Gasteiger partial charge in [0.05, 0.1) is 36.3 Å². The molecule has 0 atom stereocenters. The third-order valence-corrected chi connectivity index (χ3v) is 4.94. The van der Waals surface area contributed by atoms with E-state index in [2.05, 4.69) is 0 Å². The molecule has 0 spiro atoms. The second-order valence-corrected chi connectivity index (χ2v) is 6.99. The van der Waals surface area contributed by atoms with Crippen LogP contribution >= 0.6 is 23.1 Å². The minimum Gasteiger partial charge on any atom is -0.396 e. The number of nitrogens with zero attached hydrogens (tertiary/aromatic N) is 1. The number of carbonyl (C=O) groups excluding carboxylic acids is 2. The van der Waals surface area contributed by atoms with E-state index in [0.29, 0.717) is 22.8 Å². The Labute approximate surface area is 138 Å². The molecule has 0 aromatic carbocycles. The topological polar surface area (TPSA) is 66.8 Å². The number of thiophene rings is 1. The summed E-state index contributed by atoms with van der Waals surface area (Å²) in [6, 6.07) is 3.68. The van der Waals surface area contributed by atoms with Crippen LogP contribution in [-0.4, -0.2) is 53.4 Å². The van der Waals surface area contributed by atoms with Crippen LogP contribution in [0.1, 0.15) is 18.7 Å². The van der Waals surface area contributed by atoms with Crippen molar-refractivity contribution in [2.24, 2.45) is 0 Å². The number of aliphatic hydroxyl groups excluding tert-OH is 1. The van der Waals surface area contributed by atoms with Gasteiger partial charge in [-0.3, -0.25) is 14.5 Å². The molecule has 2 rings (SSSR count). The molecule has 2 heterocycles. The summed E-state index contributed by atoms with van der Waals surface area (Å²) >= 11 is 2.66. The largest absolute Gasteiger partial charge is 0.396 e. The fourth-order valence-corrected chi connectivity index (χ4v) is 3.76. The standard InChI is InChI=1S/C15H19NO4S2/c1-10(2)20-7-5-16-14(18)12(11-4-3-8-21-11)13(15(16)19)22-9-6-17/h3-4,8,10,17H,5-7,9H2,1-2H3.